The fraction of sp³-hybridized carbons (Fsp3) is 0.300. The van der Waals surface area contributed by atoms with Crippen molar-refractivity contribution < 1.29 is 43.2 Å². The highest BCUT2D eigenvalue weighted by molar-refractivity contribution is 5.91. The summed E-state index contributed by atoms with van der Waals surface area (Å²) in [4.78, 5) is 39.4. The number of carbonyl (C=O) groups is 3. The zero-order valence-corrected chi connectivity index (χ0v) is 21.3. The van der Waals surface area contributed by atoms with E-state index in [1.165, 1.54) is 0 Å². The summed E-state index contributed by atoms with van der Waals surface area (Å²) < 4.78 is 29.4. The Labute approximate surface area is 225 Å². The monoisotopic (exact) mass is 532 g/mol. The average molecular weight is 533 g/mol. The van der Waals surface area contributed by atoms with Gasteiger partial charge in [0, 0.05) is 0 Å². The van der Waals surface area contributed by atoms with Gasteiger partial charge in [0.05, 0.1) is 16.7 Å². The molecular formula is C30H28O9. The van der Waals surface area contributed by atoms with E-state index in [9.17, 15) is 19.5 Å². The van der Waals surface area contributed by atoms with E-state index >= 15 is 0 Å². The van der Waals surface area contributed by atoms with E-state index in [1.807, 2.05) is 0 Å². The Kier molecular flexibility index (Phi) is 7.47. The van der Waals surface area contributed by atoms with Crippen LogP contribution < -0.4 is 0 Å². The first-order chi connectivity index (χ1) is 18.7. The minimum Gasteiger partial charge on any atom is -0.452 e. The molecule has 3 aromatic rings. The maximum Gasteiger partial charge on any atom is 0.338 e. The molecule has 9 nitrogen and oxygen atoms in total. The fourth-order valence-corrected chi connectivity index (χ4v) is 4.79. The summed E-state index contributed by atoms with van der Waals surface area (Å²) in [7, 11) is 0. The summed E-state index contributed by atoms with van der Waals surface area (Å²) in [6.07, 6.45) is -7.69. The fourth-order valence-electron chi connectivity index (χ4n) is 4.79. The number of hydrogen-bond acceptors (Lipinski definition) is 9. The van der Waals surface area contributed by atoms with Crippen molar-refractivity contribution in [2.24, 2.45) is 0 Å². The molecule has 6 atom stereocenters. The lowest BCUT2D eigenvalue weighted by molar-refractivity contribution is -0.194. The van der Waals surface area contributed by atoms with Gasteiger partial charge in [-0.1, -0.05) is 54.6 Å². The molecule has 2 fully saturated rings. The molecule has 5 rings (SSSR count). The first-order valence-electron chi connectivity index (χ1n) is 12.6. The van der Waals surface area contributed by atoms with Crippen LogP contribution in [0, 0.1) is 0 Å². The van der Waals surface area contributed by atoms with Gasteiger partial charge < -0.3 is 28.8 Å². The molecule has 1 N–H and O–H groups in total. The normalized spacial score (nSPS) is 27.2. The Morgan fingerprint density at radius 3 is 1.38 bits per heavy atom. The number of hydrogen-bond donors (Lipinski definition) is 1. The zero-order valence-electron chi connectivity index (χ0n) is 21.3. The predicted molar refractivity (Wildman–Crippen MR) is 137 cm³/mol. The molecule has 0 aromatic heterocycles. The van der Waals surface area contributed by atoms with Crippen molar-refractivity contribution >= 4 is 17.9 Å². The second kappa shape index (κ2) is 11.0. The lowest BCUT2D eigenvalue weighted by atomic mass is 9.84. The van der Waals surface area contributed by atoms with Crippen LogP contribution in [-0.4, -0.2) is 65.4 Å². The first kappa shape index (κ1) is 26.6. The molecule has 1 saturated heterocycles. The molecule has 1 aliphatic heterocycles. The second-order valence-electron chi connectivity index (χ2n) is 9.76. The van der Waals surface area contributed by atoms with Crippen LogP contribution in [0.5, 0.6) is 0 Å². The molecule has 9 heteroatoms. The minimum absolute atomic E-state index is 0.222. The SMILES string of the molecule is CC1(C)O[C@@H]2[C@H](OC(=O)c3ccccc3)[C@H](OC(=O)c3ccccc3)[C@@H](OC(=O)c3ccccc3)[C@H](O)[C@H]2O1. The van der Waals surface area contributed by atoms with Crippen molar-refractivity contribution in [2.75, 3.05) is 0 Å². The van der Waals surface area contributed by atoms with Crippen LogP contribution in [0.2, 0.25) is 0 Å². The van der Waals surface area contributed by atoms with Crippen LogP contribution in [0.4, 0.5) is 0 Å². The maximum absolute atomic E-state index is 13.2. The Balaban J connectivity index is 1.53. The summed E-state index contributed by atoms with van der Waals surface area (Å²) in [5, 5.41) is 11.4. The lowest BCUT2D eigenvalue weighted by Gasteiger charge is -2.43. The third-order valence-corrected chi connectivity index (χ3v) is 6.57. The Morgan fingerprint density at radius 1 is 0.590 bits per heavy atom. The Bertz CT molecular complexity index is 1310. The van der Waals surface area contributed by atoms with Crippen molar-refractivity contribution in [1.29, 1.82) is 0 Å². The average Bonchev–Trinajstić information content (AvgIpc) is 3.29. The smallest absolute Gasteiger partial charge is 0.338 e. The van der Waals surface area contributed by atoms with Crippen molar-refractivity contribution in [3.63, 3.8) is 0 Å². The van der Waals surface area contributed by atoms with E-state index in [1.54, 1.807) is 105 Å². The van der Waals surface area contributed by atoms with Crippen LogP contribution in [0.15, 0.2) is 91.0 Å². The number of rotatable bonds is 6. The van der Waals surface area contributed by atoms with Gasteiger partial charge >= 0.3 is 17.9 Å². The van der Waals surface area contributed by atoms with E-state index in [-0.39, 0.29) is 16.7 Å². The highest BCUT2D eigenvalue weighted by Crippen LogP contribution is 2.41. The second-order valence-corrected chi connectivity index (χ2v) is 9.76. The highest BCUT2D eigenvalue weighted by Gasteiger charge is 2.62. The van der Waals surface area contributed by atoms with Gasteiger partial charge in [-0.2, -0.15) is 0 Å². The van der Waals surface area contributed by atoms with Gasteiger partial charge in [-0.15, -0.1) is 0 Å². The largest absolute Gasteiger partial charge is 0.452 e. The Hall–Kier alpha value is -4.05. The zero-order chi connectivity index (χ0) is 27.6. The summed E-state index contributed by atoms with van der Waals surface area (Å²) in [6, 6.07) is 24.6. The number of aliphatic hydroxyl groups is 1. The van der Waals surface area contributed by atoms with Crippen LogP contribution in [0.3, 0.4) is 0 Å². The third-order valence-electron chi connectivity index (χ3n) is 6.57. The van der Waals surface area contributed by atoms with E-state index in [4.69, 9.17) is 23.7 Å². The van der Waals surface area contributed by atoms with E-state index < -0.39 is 60.3 Å². The lowest BCUT2D eigenvalue weighted by Crippen LogP contribution is -2.65. The highest BCUT2D eigenvalue weighted by atomic mass is 16.8. The number of aliphatic hydroxyl groups excluding tert-OH is 1. The Morgan fingerprint density at radius 2 is 0.949 bits per heavy atom. The van der Waals surface area contributed by atoms with E-state index in [0.717, 1.165) is 0 Å². The van der Waals surface area contributed by atoms with Crippen molar-refractivity contribution in [1.82, 2.24) is 0 Å². The molecule has 3 aromatic carbocycles. The van der Waals surface area contributed by atoms with Gasteiger partial charge in [-0.05, 0) is 50.2 Å². The van der Waals surface area contributed by atoms with E-state index in [2.05, 4.69) is 0 Å². The maximum atomic E-state index is 13.2. The summed E-state index contributed by atoms with van der Waals surface area (Å²) >= 11 is 0. The first-order valence-corrected chi connectivity index (χ1v) is 12.6. The van der Waals surface area contributed by atoms with Crippen molar-refractivity contribution in [3.8, 4) is 0 Å². The number of benzene rings is 3. The quantitative estimate of drug-likeness (QED) is 0.376. The molecule has 1 heterocycles. The molecular weight excluding hydrogens is 504 g/mol. The molecule has 1 saturated carbocycles. The molecule has 0 spiro atoms. The number of esters is 3. The summed E-state index contributed by atoms with van der Waals surface area (Å²) in [5.41, 5.74) is 0.699. The summed E-state index contributed by atoms with van der Waals surface area (Å²) in [5.74, 6) is -3.39. The van der Waals surface area contributed by atoms with Gasteiger partial charge in [0.15, 0.2) is 24.1 Å². The topological polar surface area (TPSA) is 118 Å². The van der Waals surface area contributed by atoms with Gasteiger partial charge in [0.25, 0.3) is 0 Å². The van der Waals surface area contributed by atoms with Crippen molar-refractivity contribution in [3.05, 3.63) is 108 Å². The molecule has 39 heavy (non-hydrogen) atoms. The number of fused-ring (bicyclic) bond motifs is 1. The van der Waals surface area contributed by atoms with Gasteiger partial charge in [-0.25, -0.2) is 14.4 Å². The van der Waals surface area contributed by atoms with Gasteiger partial charge in [0.1, 0.15) is 18.3 Å². The minimum atomic E-state index is -1.47. The van der Waals surface area contributed by atoms with Crippen LogP contribution in [0.1, 0.15) is 44.9 Å². The molecule has 0 bridgehead atoms. The van der Waals surface area contributed by atoms with Gasteiger partial charge in [-0.3, -0.25) is 0 Å². The van der Waals surface area contributed by atoms with Crippen LogP contribution in [-0.2, 0) is 23.7 Å². The van der Waals surface area contributed by atoms with Crippen LogP contribution >= 0.6 is 0 Å². The molecule has 2 aliphatic rings. The predicted octanol–water partition coefficient (Wildman–Crippen LogP) is 3.56. The van der Waals surface area contributed by atoms with Gasteiger partial charge in [0.2, 0.25) is 0 Å². The van der Waals surface area contributed by atoms with Crippen LogP contribution in [0.25, 0.3) is 0 Å². The molecule has 0 amide bonds. The molecule has 0 radical (unpaired) electrons. The number of ether oxygens (including phenoxy) is 5. The van der Waals surface area contributed by atoms with Crippen molar-refractivity contribution in [2.45, 2.75) is 56.3 Å². The molecule has 202 valence electrons. The summed E-state index contributed by atoms with van der Waals surface area (Å²) in [6.45, 7) is 3.29. The molecule has 0 unspecified atom stereocenters. The van der Waals surface area contributed by atoms with E-state index in [0.29, 0.717) is 0 Å². The molecule has 1 aliphatic carbocycles. The third kappa shape index (κ3) is 5.70. The standard InChI is InChI=1S/C30H28O9/c1-30(2)38-23-21(31)22(35-27(32)18-12-6-3-7-13-18)24(36-28(33)19-14-8-4-9-15-19)25(26(23)39-30)37-29(34)20-16-10-5-11-17-20/h3-17,21-26,31H,1-2H3/t21-,22-,23+,24+,25+,26-/m0/s1. The number of carbonyl (C=O) groups excluding carboxylic acids is 3.